The maximum absolute atomic E-state index is 13.1. The highest BCUT2D eigenvalue weighted by Crippen LogP contribution is 2.37. The Hall–Kier alpha value is -1.11. The first-order valence-electron chi connectivity index (χ1n) is 7.36. The summed E-state index contributed by atoms with van der Waals surface area (Å²) in [7, 11) is -3.50. The average molecular weight is 343 g/mol. The lowest BCUT2D eigenvalue weighted by atomic mass is 9.95. The molecule has 7 heteroatoms. The molecule has 1 aromatic rings. The zero-order chi connectivity index (χ0) is 16.0. The van der Waals surface area contributed by atoms with Crippen LogP contribution in [-0.4, -0.2) is 45.0 Å². The van der Waals surface area contributed by atoms with E-state index < -0.39 is 14.6 Å². The number of nitrogens with zero attached hydrogens (tertiary/aromatic N) is 1. The predicted molar refractivity (Wildman–Crippen MR) is 87.2 cm³/mol. The lowest BCUT2D eigenvalue weighted by Crippen LogP contribution is -2.58. The van der Waals surface area contributed by atoms with E-state index in [2.05, 4.69) is 5.32 Å². The number of rotatable bonds is 2. The van der Waals surface area contributed by atoms with Crippen LogP contribution in [0.25, 0.3) is 0 Å². The molecule has 0 radical (unpaired) electrons. The third-order valence-corrected chi connectivity index (χ3v) is 6.94. The molecule has 1 saturated heterocycles. The van der Waals surface area contributed by atoms with Crippen molar-refractivity contribution in [1.29, 1.82) is 0 Å². The SMILES string of the molecule is CS(=O)(=O)C1(C(=O)N2CCc3ccc(Cl)cc32)CCNCC1. The number of hydrogen-bond acceptors (Lipinski definition) is 4. The predicted octanol–water partition coefficient (Wildman–Crippen LogP) is 1.40. The maximum atomic E-state index is 13.1. The van der Waals surface area contributed by atoms with Crippen molar-refractivity contribution >= 4 is 33.0 Å². The maximum Gasteiger partial charge on any atom is 0.248 e. The molecular formula is C15H19ClN2O3S. The van der Waals surface area contributed by atoms with Gasteiger partial charge in [0.1, 0.15) is 0 Å². The van der Waals surface area contributed by atoms with E-state index in [1.807, 2.05) is 6.07 Å². The number of sulfone groups is 1. The second-order valence-corrected chi connectivity index (χ2v) is 8.76. The van der Waals surface area contributed by atoms with Crippen molar-refractivity contribution in [1.82, 2.24) is 5.32 Å². The molecule has 0 saturated carbocycles. The van der Waals surface area contributed by atoms with Crippen LogP contribution in [0.2, 0.25) is 5.02 Å². The molecule has 2 aliphatic rings. The highest BCUT2D eigenvalue weighted by molar-refractivity contribution is 7.92. The molecule has 3 rings (SSSR count). The van der Waals surface area contributed by atoms with Crippen LogP contribution >= 0.6 is 11.6 Å². The molecule has 1 N–H and O–H groups in total. The molecule has 0 bridgehead atoms. The lowest BCUT2D eigenvalue weighted by Gasteiger charge is -2.37. The van der Waals surface area contributed by atoms with Gasteiger partial charge in [-0.25, -0.2) is 8.42 Å². The molecule has 0 atom stereocenters. The lowest BCUT2D eigenvalue weighted by molar-refractivity contribution is -0.121. The molecule has 2 aliphatic heterocycles. The first kappa shape index (κ1) is 15.8. The molecule has 1 amide bonds. The van der Waals surface area contributed by atoms with E-state index in [9.17, 15) is 13.2 Å². The minimum atomic E-state index is -3.50. The Morgan fingerprint density at radius 1 is 1.32 bits per heavy atom. The molecule has 1 aromatic carbocycles. The van der Waals surface area contributed by atoms with Gasteiger partial charge in [0, 0.05) is 23.5 Å². The molecule has 120 valence electrons. The van der Waals surface area contributed by atoms with Crippen molar-refractivity contribution in [2.24, 2.45) is 0 Å². The Kier molecular flexibility index (Phi) is 3.95. The monoisotopic (exact) mass is 342 g/mol. The van der Waals surface area contributed by atoms with Gasteiger partial charge in [-0.2, -0.15) is 0 Å². The van der Waals surface area contributed by atoms with E-state index in [0.717, 1.165) is 17.7 Å². The number of carbonyl (C=O) groups excluding carboxylic acids is 1. The summed E-state index contributed by atoms with van der Waals surface area (Å²) in [6.07, 6.45) is 2.54. The fourth-order valence-electron chi connectivity index (χ4n) is 3.38. The van der Waals surface area contributed by atoms with Gasteiger partial charge in [0.2, 0.25) is 5.91 Å². The second kappa shape index (κ2) is 5.51. The van der Waals surface area contributed by atoms with Crippen LogP contribution in [0.5, 0.6) is 0 Å². The highest BCUT2D eigenvalue weighted by Gasteiger charge is 2.51. The fourth-order valence-corrected chi connectivity index (χ4v) is 4.92. The molecule has 0 unspecified atom stereocenters. The van der Waals surface area contributed by atoms with Gasteiger partial charge in [0.05, 0.1) is 0 Å². The number of anilines is 1. The standard InChI is InChI=1S/C15H19ClN2O3S/c1-22(20,21)15(5-7-17-8-6-15)14(19)18-9-4-11-2-3-12(16)10-13(11)18/h2-3,10,17H,4-9H2,1H3. The van der Waals surface area contributed by atoms with E-state index in [1.54, 1.807) is 17.0 Å². The Labute approximate surface area is 135 Å². The number of benzene rings is 1. The number of halogens is 1. The number of piperidine rings is 1. The van der Waals surface area contributed by atoms with Gasteiger partial charge in [0.15, 0.2) is 14.6 Å². The van der Waals surface area contributed by atoms with Crippen molar-refractivity contribution in [2.45, 2.75) is 24.0 Å². The fraction of sp³-hybridized carbons (Fsp3) is 0.533. The summed E-state index contributed by atoms with van der Waals surface area (Å²) in [6.45, 7) is 1.59. The van der Waals surface area contributed by atoms with Crippen molar-refractivity contribution in [2.75, 3.05) is 30.8 Å². The summed E-state index contributed by atoms with van der Waals surface area (Å²) in [6, 6.07) is 5.45. The van der Waals surface area contributed by atoms with Crippen molar-refractivity contribution in [3.63, 3.8) is 0 Å². The van der Waals surface area contributed by atoms with Gasteiger partial charge < -0.3 is 10.2 Å². The summed E-state index contributed by atoms with van der Waals surface area (Å²) in [4.78, 5) is 14.7. The van der Waals surface area contributed by atoms with Gasteiger partial charge in [-0.15, -0.1) is 0 Å². The molecular weight excluding hydrogens is 324 g/mol. The zero-order valence-corrected chi connectivity index (χ0v) is 14.0. The highest BCUT2D eigenvalue weighted by atomic mass is 35.5. The number of fused-ring (bicyclic) bond motifs is 1. The van der Waals surface area contributed by atoms with E-state index in [1.165, 1.54) is 6.26 Å². The van der Waals surface area contributed by atoms with Gasteiger partial charge in [-0.05, 0) is 50.0 Å². The quantitative estimate of drug-likeness (QED) is 0.882. The number of hydrogen-bond donors (Lipinski definition) is 1. The summed E-state index contributed by atoms with van der Waals surface area (Å²) >= 11 is 6.04. The largest absolute Gasteiger partial charge is 0.317 e. The van der Waals surface area contributed by atoms with Crippen LogP contribution in [0.4, 0.5) is 5.69 Å². The van der Waals surface area contributed by atoms with E-state index in [0.29, 0.717) is 37.5 Å². The number of carbonyl (C=O) groups is 1. The first-order valence-corrected chi connectivity index (χ1v) is 9.63. The van der Waals surface area contributed by atoms with Crippen molar-refractivity contribution in [3.05, 3.63) is 28.8 Å². The molecule has 22 heavy (non-hydrogen) atoms. The average Bonchev–Trinajstić information content (AvgIpc) is 2.89. The number of amides is 1. The van der Waals surface area contributed by atoms with E-state index in [-0.39, 0.29) is 5.91 Å². The zero-order valence-electron chi connectivity index (χ0n) is 12.4. The smallest absolute Gasteiger partial charge is 0.248 e. The second-order valence-electron chi connectivity index (χ2n) is 6.00. The van der Waals surface area contributed by atoms with Crippen LogP contribution < -0.4 is 10.2 Å². The first-order chi connectivity index (χ1) is 10.3. The molecule has 1 fully saturated rings. The van der Waals surface area contributed by atoms with Gasteiger partial charge >= 0.3 is 0 Å². The van der Waals surface area contributed by atoms with Crippen LogP contribution in [0, 0.1) is 0 Å². The molecule has 0 spiro atoms. The normalized spacial score (nSPS) is 20.7. The van der Waals surface area contributed by atoms with Crippen molar-refractivity contribution < 1.29 is 13.2 Å². The minimum absolute atomic E-state index is 0.308. The Morgan fingerprint density at radius 3 is 2.64 bits per heavy atom. The summed E-state index contributed by atoms with van der Waals surface area (Å²) in [5.74, 6) is -0.308. The molecule has 0 aliphatic carbocycles. The van der Waals surface area contributed by atoms with Crippen LogP contribution in [0.15, 0.2) is 18.2 Å². The van der Waals surface area contributed by atoms with Gasteiger partial charge in [0.25, 0.3) is 0 Å². The van der Waals surface area contributed by atoms with Gasteiger partial charge in [-0.3, -0.25) is 4.79 Å². The third-order valence-electron chi connectivity index (χ3n) is 4.70. The van der Waals surface area contributed by atoms with Crippen LogP contribution in [0.1, 0.15) is 18.4 Å². The molecule has 2 heterocycles. The third kappa shape index (κ3) is 2.43. The van der Waals surface area contributed by atoms with E-state index >= 15 is 0 Å². The number of nitrogens with one attached hydrogen (secondary N) is 1. The van der Waals surface area contributed by atoms with Gasteiger partial charge in [-0.1, -0.05) is 17.7 Å². The van der Waals surface area contributed by atoms with Crippen LogP contribution in [0.3, 0.4) is 0 Å². The van der Waals surface area contributed by atoms with Crippen LogP contribution in [-0.2, 0) is 21.1 Å². The van der Waals surface area contributed by atoms with Crippen molar-refractivity contribution in [3.8, 4) is 0 Å². The summed E-state index contributed by atoms with van der Waals surface area (Å²) < 4.78 is 23.5. The Bertz CT molecular complexity index is 711. The molecule has 5 nitrogen and oxygen atoms in total. The Balaban J connectivity index is 2.02. The molecule has 0 aromatic heterocycles. The summed E-state index contributed by atoms with van der Waals surface area (Å²) in [5, 5.41) is 3.68. The summed E-state index contributed by atoms with van der Waals surface area (Å²) in [5.41, 5.74) is 1.79. The van der Waals surface area contributed by atoms with E-state index in [4.69, 9.17) is 11.6 Å². The Morgan fingerprint density at radius 2 is 2.00 bits per heavy atom. The topological polar surface area (TPSA) is 66.5 Å². The minimum Gasteiger partial charge on any atom is -0.317 e.